The average Bonchev–Trinajstić information content (AvgIpc) is 2.92. The molecular weight excluding hydrogens is 474 g/mol. The molecule has 3 rings (SSSR count). The Morgan fingerprint density at radius 2 is 2.19 bits per heavy atom. The van der Waals surface area contributed by atoms with Gasteiger partial charge in [-0.1, -0.05) is 11.6 Å². The van der Waals surface area contributed by atoms with E-state index in [-0.39, 0.29) is 6.79 Å². The number of nitrogens with zero attached hydrogens (tertiary/aromatic N) is 2. The smallest absolute Gasteiger partial charge is 0.231 e. The van der Waals surface area contributed by atoms with Crippen LogP contribution >= 0.6 is 50.1 Å². The largest absolute Gasteiger partial charge is 0.454 e. The molecule has 1 aromatic heterocycles. The molecule has 0 saturated carbocycles. The second kappa shape index (κ2) is 6.23. The molecule has 1 aliphatic heterocycles. The first kappa shape index (κ1) is 15.3. The maximum Gasteiger partial charge on any atom is 0.231 e. The summed E-state index contributed by atoms with van der Waals surface area (Å²) in [5.74, 6) is 1.87. The van der Waals surface area contributed by atoms with E-state index in [0.717, 1.165) is 19.3 Å². The number of hydrogen-bond donors (Lipinski definition) is 0. The zero-order chi connectivity index (χ0) is 15.0. The number of benzene rings is 1. The summed E-state index contributed by atoms with van der Waals surface area (Å²) in [5, 5.41) is 0.404. The van der Waals surface area contributed by atoms with E-state index in [2.05, 4.69) is 48.5 Å². The molecule has 0 spiro atoms. The Labute approximate surface area is 148 Å². The van der Waals surface area contributed by atoms with Gasteiger partial charge in [-0.05, 0) is 50.7 Å². The zero-order valence-corrected chi connectivity index (χ0v) is 15.3. The van der Waals surface area contributed by atoms with E-state index < -0.39 is 0 Å². The van der Waals surface area contributed by atoms with Gasteiger partial charge in [-0.25, -0.2) is 9.97 Å². The fourth-order valence-corrected chi connectivity index (χ4v) is 3.06. The highest BCUT2D eigenvalue weighted by atomic mass is 127. The predicted molar refractivity (Wildman–Crippen MR) is 89.7 cm³/mol. The Morgan fingerprint density at radius 1 is 1.38 bits per heavy atom. The number of halogens is 3. The van der Waals surface area contributed by atoms with Gasteiger partial charge in [-0.3, -0.25) is 0 Å². The van der Waals surface area contributed by atoms with Crippen molar-refractivity contribution >= 4 is 50.1 Å². The summed E-state index contributed by atoms with van der Waals surface area (Å²) >= 11 is 11.7. The van der Waals surface area contributed by atoms with E-state index >= 15 is 0 Å². The number of fused-ring (bicyclic) bond motifs is 1. The molecule has 0 aliphatic carbocycles. The Hall–Kier alpha value is -0.640. The third-order valence-corrected chi connectivity index (χ3v) is 5.16. The van der Waals surface area contributed by atoms with Crippen molar-refractivity contribution in [1.29, 1.82) is 0 Å². The van der Waals surface area contributed by atoms with E-state index in [1.54, 1.807) is 7.11 Å². The lowest BCUT2D eigenvalue weighted by Crippen LogP contribution is -2.02. The SMILES string of the molecule is COCc1nc(-c2cc(Br)c3c(c2)OCO3)nc(Cl)c1I. The van der Waals surface area contributed by atoms with Crippen LogP contribution < -0.4 is 9.47 Å². The summed E-state index contributed by atoms with van der Waals surface area (Å²) in [6.07, 6.45) is 0. The molecule has 0 fully saturated rings. The van der Waals surface area contributed by atoms with Crippen molar-refractivity contribution in [2.45, 2.75) is 6.61 Å². The van der Waals surface area contributed by atoms with Crippen molar-refractivity contribution in [1.82, 2.24) is 9.97 Å². The molecule has 2 aromatic rings. The predicted octanol–water partition coefficient (Wildman–Crippen LogP) is 4.04. The van der Waals surface area contributed by atoms with Crippen molar-refractivity contribution < 1.29 is 14.2 Å². The van der Waals surface area contributed by atoms with Crippen molar-refractivity contribution in [3.05, 3.63) is 31.0 Å². The minimum atomic E-state index is 0.209. The topological polar surface area (TPSA) is 53.5 Å². The molecule has 1 aromatic carbocycles. The fourth-order valence-electron chi connectivity index (χ4n) is 1.92. The van der Waals surface area contributed by atoms with Crippen LogP contribution in [0.4, 0.5) is 0 Å². The van der Waals surface area contributed by atoms with Gasteiger partial charge in [0, 0.05) is 12.7 Å². The van der Waals surface area contributed by atoms with Gasteiger partial charge >= 0.3 is 0 Å². The van der Waals surface area contributed by atoms with Gasteiger partial charge in [0.2, 0.25) is 6.79 Å². The van der Waals surface area contributed by atoms with Gasteiger partial charge in [0.1, 0.15) is 5.15 Å². The Balaban J connectivity index is 2.10. The fraction of sp³-hybridized carbons (Fsp3) is 0.231. The Bertz CT molecular complexity index is 714. The molecular formula is C13H9BrClIN2O3. The van der Waals surface area contributed by atoms with Gasteiger partial charge in [0.25, 0.3) is 0 Å². The summed E-state index contributed by atoms with van der Waals surface area (Å²) in [6.45, 7) is 0.583. The first-order valence-electron chi connectivity index (χ1n) is 5.90. The van der Waals surface area contributed by atoms with E-state index in [4.69, 9.17) is 25.8 Å². The minimum Gasteiger partial charge on any atom is -0.454 e. The number of hydrogen-bond acceptors (Lipinski definition) is 5. The molecule has 5 nitrogen and oxygen atoms in total. The molecule has 2 heterocycles. The molecule has 110 valence electrons. The second-order valence-electron chi connectivity index (χ2n) is 4.22. The average molecular weight is 483 g/mol. The van der Waals surface area contributed by atoms with Crippen molar-refractivity contribution in [2.24, 2.45) is 0 Å². The molecule has 1 aliphatic rings. The third kappa shape index (κ3) is 2.96. The molecule has 0 atom stereocenters. The monoisotopic (exact) mass is 482 g/mol. The van der Waals surface area contributed by atoms with E-state index in [0.29, 0.717) is 29.1 Å². The summed E-state index contributed by atoms with van der Waals surface area (Å²) in [5.41, 5.74) is 1.55. The first-order valence-corrected chi connectivity index (χ1v) is 8.15. The lowest BCUT2D eigenvalue weighted by Gasteiger charge is -2.09. The molecule has 0 radical (unpaired) electrons. The van der Waals surface area contributed by atoms with Crippen LogP contribution in [0.15, 0.2) is 16.6 Å². The highest BCUT2D eigenvalue weighted by Crippen LogP contribution is 2.42. The Kier molecular flexibility index (Phi) is 4.53. The highest BCUT2D eigenvalue weighted by molar-refractivity contribution is 14.1. The van der Waals surface area contributed by atoms with Gasteiger partial charge in [0.05, 0.1) is 20.3 Å². The van der Waals surface area contributed by atoms with Crippen LogP contribution in [0.5, 0.6) is 11.5 Å². The molecule has 0 bridgehead atoms. The van der Waals surface area contributed by atoms with Crippen LogP contribution in [0.2, 0.25) is 5.15 Å². The van der Waals surface area contributed by atoms with Gasteiger partial charge in [-0.15, -0.1) is 0 Å². The summed E-state index contributed by atoms with van der Waals surface area (Å²) in [4.78, 5) is 8.84. The minimum absolute atomic E-state index is 0.209. The molecule has 0 saturated heterocycles. The highest BCUT2D eigenvalue weighted by Gasteiger charge is 2.20. The molecule has 0 amide bonds. The summed E-state index contributed by atoms with van der Waals surface area (Å²) < 4.78 is 17.5. The molecule has 8 heteroatoms. The van der Waals surface area contributed by atoms with Crippen molar-refractivity contribution in [3.8, 4) is 22.9 Å². The van der Waals surface area contributed by atoms with Crippen LogP contribution in [0.1, 0.15) is 5.69 Å². The quantitative estimate of drug-likeness (QED) is 0.487. The molecule has 21 heavy (non-hydrogen) atoms. The van der Waals surface area contributed by atoms with Crippen LogP contribution in [-0.2, 0) is 11.3 Å². The van der Waals surface area contributed by atoms with Crippen molar-refractivity contribution in [2.75, 3.05) is 13.9 Å². The number of ether oxygens (including phenoxy) is 3. The first-order chi connectivity index (χ1) is 10.1. The van der Waals surface area contributed by atoms with Gasteiger partial charge < -0.3 is 14.2 Å². The summed E-state index contributed by atoms with van der Waals surface area (Å²) in [6, 6.07) is 3.71. The number of rotatable bonds is 3. The standard InChI is InChI=1S/C13H9BrClIN2O3/c1-19-4-8-10(16)12(15)18-13(17-8)6-2-7(14)11-9(3-6)20-5-21-11/h2-3H,4-5H2,1H3. The van der Waals surface area contributed by atoms with Gasteiger partial charge in [-0.2, -0.15) is 0 Å². The second-order valence-corrected chi connectivity index (χ2v) is 6.51. The lowest BCUT2D eigenvalue weighted by molar-refractivity contribution is 0.173. The van der Waals surface area contributed by atoms with Crippen LogP contribution in [0.25, 0.3) is 11.4 Å². The molecule has 0 unspecified atom stereocenters. The zero-order valence-electron chi connectivity index (χ0n) is 10.8. The maximum absolute atomic E-state index is 6.18. The van der Waals surface area contributed by atoms with E-state index in [1.165, 1.54) is 0 Å². The normalized spacial score (nSPS) is 12.8. The summed E-state index contributed by atoms with van der Waals surface area (Å²) in [7, 11) is 1.61. The van der Waals surface area contributed by atoms with Gasteiger partial charge in [0.15, 0.2) is 17.3 Å². The third-order valence-electron chi connectivity index (χ3n) is 2.85. The maximum atomic E-state index is 6.18. The molecule has 0 N–H and O–H groups in total. The lowest BCUT2D eigenvalue weighted by atomic mass is 10.2. The number of aromatic nitrogens is 2. The van der Waals surface area contributed by atoms with Crippen molar-refractivity contribution in [3.63, 3.8) is 0 Å². The number of methoxy groups -OCH3 is 1. The van der Waals surface area contributed by atoms with E-state index in [1.807, 2.05) is 12.1 Å². The van der Waals surface area contributed by atoms with Crippen LogP contribution in [0, 0.1) is 3.57 Å². The van der Waals surface area contributed by atoms with E-state index in [9.17, 15) is 0 Å². The Morgan fingerprint density at radius 3 is 2.95 bits per heavy atom. The van der Waals surface area contributed by atoms with Crippen LogP contribution in [-0.4, -0.2) is 23.9 Å². The van der Waals surface area contributed by atoms with Crippen LogP contribution in [0.3, 0.4) is 0 Å².